The van der Waals surface area contributed by atoms with Crippen LogP contribution in [0.25, 0.3) is 11.3 Å². The first kappa shape index (κ1) is 23.7. The number of carbonyl (C=O) groups excluding carboxylic acids is 2. The van der Waals surface area contributed by atoms with Gasteiger partial charge in [0.05, 0.1) is 10.6 Å². The van der Waals surface area contributed by atoms with Gasteiger partial charge in [-0.15, -0.1) is 11.3 Å². The fraction of sp³-hybridized carbons (Fsp3) is 0.400. The number of hydrogen-bond acceptors (Lipinski definition) is 5. The van der Waals surface area contributed by atoms with Gasteiger partial charge in [-0.25, -0.2) is 0 Å². The van der Waals surface area contributed by atoms with E-state index in [1.54, 1.807) is 10.9 Å². The van der Waals surface area contributed by atoms with Crippen LogP contribution in [0.3, 0.4) is 0 Å². The van der Waals surface area contributed by atoms with E-state index in [4.69, 9.17) is 4.74 Å². The molecule has 1 amide bonds. The van der Waals surface area contributed by atoms with Crippen molar-refractivity contribution in [1.82, 2.24) is 15.1 Å². The Morgan fingerprint density at radius 1 is 1.19 bits per heavy atom. The van der Waals surface area contributed by atoms with Crippen LogP contribution in [0.5, 0.6) is 0 Å². The average molecular weight is 454 g/mol. The smallest absolute Gasteiger partial charge is 0.306 e. The first-order chi connectivity index (χ1) is 15.1. The van der Waals surface area contributed by atoms with Gasteiger partial charge in [0, 0.05) is 36.7 Å². The second kappa shape index (κ2) is 10.1. The van der Waals surface area contributed by atoms with Gasteiger partial charge in [-0.2, -0.15) is 5.10 Å². The largest absolute Gasteiger partial charge is 0.460 e. The van der Waals surface area contributed by atoms with E-state index in [0.29, 0.717) is 17.7 Å². The first-order valence-electron chi connectivity index (χ1n) is 10.8. The van der Waals surface area contributed by atoms with Crippen molar-refractivity contribution in [3.05, 3.63) is 64.0 Å². The van der Waals surface area contributed by atoms with E-state index in [1.807, 2.05) is 76.5 Å². The molecule has 6 nitrogen and oxygen atoms in total. The highest BCUT2D eigenvalue weighted by Gasteiger charge is 2.22. The van der Waals surface area contributed by atoms with E-state index in [-0.39, 0.29) is 24.3 Å². The van der Waals surface area contributed by atoms with E-state index in [0.717, 1.165) is 22.4 Å². The highest BCUT2D eigenvalue weighted by Crippen LogP contribution is 2.30. The molecule has 32 heavy (non-hydrogen) atoms. The van der Waals surface area contributed by atoms with Gasteiger partial charge in [0.1, 0.15) is 5.60 Å². The molecule has 2 aromatic heterocycles. The molecule has 3 rings (SSSR count). The number of carbonyl (C=O) groups is 2. The fourth-order valence-corrected chi connectivity index (χ4v) is 4.58. The van der Waals surface area contributed by atoms with E-state index in [2.05, 4.69) is 10.4 Å². The maximum atomic E-state index is 13.2. The van der Waals surface area contributed by atoms with E-state index in [9.17, 15) is 9.59 Å². The monoisotopic (exact) mass is 453 g/mol. The summed E-state index contributed by atoms with van der Waals surface area (Å²) in [5, 5.41) is 9.38. The van der Waals surface area contributed by atoms with Crippen LogP contribution < -0.4 is 5.32 Å². The molecule has 0 saturated heterocycles. The Morgan fingerprint density at radius 3 is 2.53 bits per heavy atom. The molecular weight excluding hydrogens is 422 g/mol. The standard InChI is InChI=1S/C25H31N3O3S/c1-17-20(21-13-14-26-28(21)5)16-32-23(17)24(30)27-19(15-18-9-7-6-8-10-18)11-12-22(29)31-25(2,3)4/h6-10,13-14,16,19H,11-12,15H2,1-5H3,(H,27,30). The Balaban J connectivity index is 1.73. The van der Waals surface area contributed by atoms with Crippen LogP contribution >= 0.6 is 11.3 Å². The number of ether oxygens (including phenoxy) is 1. The van der Waals surface area contributed by atoms with Gasteiger partial charge in [0.2, 0.25) is 0 Å². The Bertz CT molecular complexity index is 1060. The van der Waals surface area contributed by atoms with Crippen molar-refractivity contribution >= 4 is 23.2 Å². The minimum Gasteiger partial charge on any atom is -0.460 e. The van der Waals surface area contributed by atoms with E-state index < -0.39 is 5.60 Å². The molecule has 1 aromatic carbocycles. The van der Waals surface area contributed by atoms with Crippen LogP contribution in [0, 0.1) is 6.92 Å². The average Bonchev–Trinajstić information content (AvgIpc) is 3.30. The van der Waals surface area contributed by atoms with Gasteiger partial charge >= 0.3 is 5.97 Å². The van der Waals surface area contributed by atoms with Crippen LogP contribution in [-0.2, 0) is 23.0 Å². The summed E-state index contributed by atoms with van der Waals surface area (Å²) in [5.41, 5.74) is 3.50. The van der Waals surface area contributed by atoms with Crippen molar-refractivity contribution in [1.29, 1.82) is 0 Å². The number of hydrogen-bond donors (Lipinski definition) is 1. The van der Waals surface area contributed by atoms with E-state index >= 15 is 0 Å². The molecule has 0 aliphatic heterocycles. The molecule has 1 N–H and O–H groups in total. The molecule has 1 unspecified atom stereocenters. The van der Waals surface area contributed by atoms with Crippen molar-refractivity contribution in [2.24, 2.45) is 7.05 Å². The topological polar surface area (TPSA) is 73.2 Å². The van der Waals surface area contributed by atoms with Crippen molar-refractivity contribution in [3.8, 4) is 11.3 Å². The number of aryl methyl sites for hydroxylation is 1. The number of nitrogens with zero attached hydrogens (tertiary/aromatic N) is 2. The minimum atomic E-state index is -0.522. The summed E-state index contributed by atoms with van der Waals surface area (Å²) < 4.78 is 7.25. The molecule has 170 valence electrons. The molecule has 1 atom stereocenters. The number of nitrogens with one attached hydrogen (secondary N) is 1. The lowest BCUT2D eigenvalue weighted by atomic mass is 10.0. The fourth-order valence-electron chi connectivity index (χ4n) is 3.59. The second-order valence-corrected chi connectivity index (χ2v) is 9.81. The molecule has 0 spiro atoms. The van der Waals surface area contributed by atoms with Crippen LogP contribution in [0.1, 0.15) is 54.4 Å². The van der Waals surface area contributed by atoms with Crippen LogP contribution in [0.2, 0.25) is 0 Å². The molecule has 2 heterocycles. The normalized spacial score (nSPS) is 12.4. The quantitative estimate of drug-likeness (QED) is 0.491. The lowest BCUT2D eigenvalue weighted by molar-refractivity contribution is -0.155. The Labute approximate surface area is 193 Å². The molecule has 0 saturated carbocycles. The number of esters is 1. The summed E-state index contributed by atoms with van der Waals surface area (Å²) in [7, 11) is 1.89. The van der Waals surface area contributed by atoms with Crippen molar-refractivity contribution in [2.75, 3.05) is 0 Å². The Morgan fingerprint density at radius 2 is 1.91 bits per heavy atom. The SMILES string of the molecule is Cc1c(-c2ccnn2C)csc1C(=O)NC(CCC(=O)OC(C)(C)C)Cc1ccccc1. The van der Waals surface area contributed by atoms with Gasteiger partial charge in [-0.1, -0.05) is 30.3 Å². The summed E-state index contributed by atoms with van der Waals surface area (Å²) in [6.45, 7) is 7.52. The maximum Gasteiger partial charge on any atom is 0.306 e. The third-order valence-electron chi connectivity index (χ3n) is 5.12. The first-order valence-corrected chi connectivity index (χ1v) is 11.6. The minimum absolute atomic E-state index is 0.119. The maximum absolute atomic E-state index is 13.2. The van der Waals surface area contributed by atoms with Crippen molar-refractivity contribution in [2.45, 2.75) is 58.6 Å². The second-order valence-electron chi connectivity index (χ2n) is 8.93. The number of amides is 1. The highest BCUT2D eigenvalue weighted by atomic mass is 32.1. The molecular formula is C25H31N3O3S. The van der Waals surface area contributed by atoms with E-state index in [1.165, 1.54) is 11.3 Å². The predicted octanol–water partition coefficient (Wildman–Crippen LogP) is 4.92. The van der Waals surface area contributed by atoms with Crippen LogP contribution in [-0.4, -0.2) is 33.3 Å². The lowest BCUT2D eigenvalue weighted by Crippen LogP contribution is -2.37. The molecule has 0 aliphatic carbocycles. The summed E-state index contributed by atoms with van der Waals surface area (Å²) in [4.78, 5) is 26.1. The van der Waals surface area contributed by atoms with Gasteiger partial charge < -0.3 is 10.1 Å². The third-order valence-corrected chi connectivity index (χ3v) is 6.20. The van der Waals surface area contributed by atoms with Gasteiger partial charge in [0.25, 0.3) is 5.91 Å². The lowest BCUT2D eigenvalue weighted by Gasteiger charge is -2.22. The summed E-state index contributed by atoms with van der Waals surface area (Å²) in [5.74, 6) is -0.373. The van der Waals surface area contributed by atoms with Gasteiger partial charge in [-0.3, -0.25) is 14.3 Å². The highest BCUT2D eigenvalue weighted by molar-refractivity contribution is 7.12. The zero-order chi connectivity index (χ0) is 23.3. The zero-order valence-electron chi connectivity index (χ0n) is 19.3. The molecule has 3 aromatic rings. The number of benzene rings is 1. The Kier molecular flexibility index (Phi) is 7.51. The van der Waals surface area contributed by atoms with Gasteiger partial charge in [0.15, 0.2) is 0 Å². The molecule has 0 fully saturated rings. The van der Waals surface area contributed by atoms with Crippen molar-refractivity contribution in [3.63, 3.8) is 0 Å². The predicted molar refractivity (Wildman–Crippen MR) is 128 cm³/mol. The third kappa shape index (κ3) is 6.29. The summed E-state index contributed by atoms with van der Waals surface area (Å²) in [6, 6.07) is 11.7. The molecule has 0 aliphatic rings. The summed E-state index contributed by atoms with van der Waals surface area (Å²) in [6.07, 6.45) is 3.15. The Hall–Kier alpha value is -2.93. The molecule has 0 radical (unpaired) electrons. The molecule has 7 heteroatoms. The van der Waals surface area contributed by atoms with Gasteiger partial charge in [-0.05, 0) is 57.7 Å². The number of thiophene rings is 1. The van der Waals surface area contributed by atoms with Crippen molar-refractivity contribution < 1.29 is 14.3 Å². The number of aromatic nitrogens is 2. The number of rotatable bonds is 8. The molecule has 0 bridgehead atoms. The zero-order valence-corrected chi connectivity index (χ0v) is 20.2. The van der Waals surface area contributed by atoms with Crippen LogP contribution in [0.4, 0.5) is 0 Å². The van der Waals surface area contributed by atoms with Crippen LogP contribution in [0.15, 0.2) is 48.0 Å². The summed E-state index contributed by atoms with van der Waals surface area (Å²) >= 11 is 1.43.